The first-order valence-corrected chi connectivity index (χ1v) is 7.01. The van der Waals surface area contributed by atoms with E-state index in [2.05, 4.69) is 15.0 Å². The minimum atomic E-state index is -0.0123. The average molecular weight is 286 g/mol. The van der Waals surface area contributed by atoms with E-state index in [1.54, 1.807) is 31.6 Å². The van der Waals surface area contributed by atoms with Crippen LogP contribution in [0.1, 0.15) is 40.8 Å². The van der Waals surface area contributed by atoms with Crippen LogP contribution in [0.2, 0.25) is 0 Å². The van der Waals surface area contributed by atoms with E-state index in [4.69, 9.17) is 4.74 Å². The number of likely N-dealkylation sites (tertiary alicyclic amines) is 1. The third kappa shape index (κ3) is 2.61. The van der Waals surface area contributed by atoms with E-state index < -0.39 is 0 Å². The van der Waals surface area contributed by atoms with Gasteiger partial charge in [-0.15, -0.1) is 0 Å². The molecule has 0 spiro atoms. The van der Waals surface area contributed by atoms with Crippen molar-refractivity contribution in [2.24, 2.45) is 0 Å². The Bertz CT molecular complexity index is 635. The van der Waals surface area contributed by atoms with E-state index in [0.29, 0.717) is 11.4 Å². The fourth-order valence-electron chi connectivity index (χ4n) is 2.69. The normalized spacial score (nSPS) is 18.0. The average Bonchev–Trinajstić information content (AvgIpc) is 3.15. The number of aromatic nitrogens is 3. The van der Waals surface area contributed by atoms with E-state index in [-0.39, 0.29) is 11.9 Å². The first-order chi connectivity index (χ1) is 10.2. The molecule has 1 N–H and O–H groups in total. The van der Waals surface area contributed by atoms with Gasteiger partial charge in [-0.3, -0.25) is 4.79 Å². The number of rotatable bonds is 3. The molecule has 1 atom stereocenters. The zero-order valence-corrected chi connectivity index (χ0v) is 12.2. The Labute approximate surface area is 123 Å². The topological polar surface area (TPSA) is 71.1 Å². The van der Waals surface area contributed by atoms with E-state index in [1.165, 1.54) is 0 Å². The molecule has 1 amide bonds. The van der Waals surface area contributed by atoms with Gasteiger partial charge in [0.2, 0.25) is 5.88 Å². The second-order valence-electron chi connectivity index (χ2n) is 5.20. The summed E-state index contributed by atoms with van der Waals surface area (Å²) in [6.07, 6.45) is 5.27. The smallest absolute Gasteiger partial charge is 0.256 e. The summed E-state index contributed by atoms with van der Waals surface area (Å²) in [5, 5.41) is 0. The summed E-state index contributed by atoms with van der Waals surface area (Å²) in [6.45, 7) is 2.71. The highest BCUT2D eigenvalue weighted by molar-refractivity contribution is 5.94. The number of hydrogen-bond acceptors (Lipinski definition) is 4. The molecule has 2 aromatic rings. The molecular formula is C15H18N4O2. The number of carbonyl (C=O) groups excluding carboxylic acids is 1. The molecule has 1 unspecified atom stereocenters. The number of pyridine rings is 1. The van der Waals surface area contributed by atoms with Crippen molar-refractivity contribution in [1.29, 1.82) is 0 Å². The van der Waals surface area contributed by atoms with Crippen molar-refractivity contribution in [1.82, 2.24) is 19.9 Å². The fourth-order valence-corrected chi connectivity index (χ4v) is 2.69. The molecule has 3 heterocycles. The monoisotopic (exact) mass is 286 g/mol. The minimum absolute atomic E-state index is 0.0123. The van der Waals surface area contributed by atoms with Crippen LogP contribution in [0.4, 0.5) is 0 Å². The molecule has 1 aliphatic rings. The number of methoxy groups -OCH3 is 1. The van der Waals surface area contributed by atoms with Gasteiger partial charge in [-0.25, -0.2) is 9.97 Å². The van der Waals surface area contributed by atoms with Gasteiger partial charge < -0.3 is 14.6 Å². The van der Waals surface area contributed by atoms with Crippen LogP contribution in [0.15, 0.2) is 24.5 Å². The van der Waals surface area contributed by atoms with Crippen LogP contribution >= 0.6 is 0 Å². The summed E-state index contributed by atoms with van der Waals surface area (Å²) >= 11 is 0. The lowest BCUT2D eigenvalue weighted by molar-refractivity contribution is 0.0730. The summed E-state index contributed by atoms with van der Waals surface area (Å²) in [7, 11) is 1.56. The van der Waals surface area contributed by atoms with Crippen molar-refractivity contribution in [3.63, 3.8) is 0 Å². The number of aryl methyl sites for hydroxylation is 1. The van der Waals surface area contributed by atoms with E-state index >= 15 is 0 Å². The molecule has 1 saturated heterocycles. The first kappa shape index (κ1) is 13.6. The molecule has 0 aromatic carbocycles. The Morgan fingerprint density at radius 1 is 1.38 bits per heavy atom. The summed E-state index contributed by atoms with van der Waals surface area (Å²) in [4.78, 5) is 26.2. The van der Waals surface area contributed by atoms with Crippen LogP contribution in [0.3, 0.4) is 0 Å². The highest BCUT2D eigenvalue weighted by atomic mass is 16.5. The zero-order valence-electron chi connectivity index (χ0n) is 12.2. The zero-order chi connectivity index (χ0) is 14.8. The molecule has 2 aromatic heterocycles. The molecule has 1 aliphatic heterocycles. The number of imidazole rings is 1. The number of nitrogens with zero attached hydrogens (tertiary/aromatic N) is 3. The van der Waals surface area contributed by atoms with Crippen molar-refractivity contribution in [3.8, 4) is 5.88 Å². The lowest BCUT2D eigenvalue weighted by Crippen LogP contribution is -2.31. The van der Waals surface area contributed by atoms with Crippen LogP contribution in [0, 0.1) is 6.92 Å². The largest absolute Gasteiger partial charge is 0.481 e. The van der Waals surface area contributed by atoms with Gasteiger partial charge in [0.25, 0.3) is 5.91 Å². The fraction of sp³-hybridized carbons (Fsp3) is 0.400. The molecule has 0 radical (unpaired) electrons. The van der Waals surface area contributed by atoms with Crippen LogP contribution in [0.25, 0.3) is 0 Å². The predicted molar refractivity (Wildman–Crippen MR) is 77.1 cm³/mol. The summed E-state index contributed by atoms with van der Waals surface area (Å²) < 4.78 is 5.02. The number of H-pyrrole nitrogens is 1. The van der Waals surface area contributed by atoms with Crippen LogP contribution < -0.4 is 4.74 Å². The molecule has 21 heavy (non-hydrogen) atoms. The maximum absolute atomic E-state index is 12.6. The Morgan fingerprint density at radius 3 is 2.86 bits per heavy atom. The van der Waals surface area contributed by atoms with Crippen molar-refractivity contribution < 1.29 is 9.53 Å². The first-order valence-electron chi connectivity index (χ1n) is 7.01. The van der Waals surface area contributed by atoms with E-state index in [1.807, 2.05) is 11.8 Å². The third-order valence-electron chi connectivity index (χ3n) is 3.74. The summed E-state index contributed by atoms with van der Waals surface area (Å²) in [5.41, 5.74) is 1.58. The molecule has 6 heteroatoms. The van der Waals surface area contributed by atoms with Gasteiger partial charge in [0, 0.05) is 30.7 Å². The second-order valence-corrected chi connectivity index (χ2v) is 5.20. The van der Waals surface area contributed by atoms with Crippen molar-refractivity contribution in [3.05, 3.63) is 41.6 Å². The molecule has 0 saturated carbocycles. The highest BCUT2D eigenvalue weighted by Gasteiger charge is 2.32. The molecule has 1 fully saturated rings. The lowest BCUT2D eigenvalue weighted by Gasteiger charge is -2.23. The maximum Gasteiger partial charge on any atom is 0.256 e. The van der Waals surface area contributed by atoms with E-state index in [0.717, 1.165) is 30.9 Å². The molecule has 0 aliphatic carbocycles. The quantitative estimate of drug-likeness (QED) is 0.938. The molecular weight excluding hydrogens is 268 g/mol. The van der Waals surface area contributed by atoms with Crippen molar-refractivity contribution in [2.75, 3.05) is 13.7 Å². The Morgan fingerprint density at radius 2 is 2.24 bits per heavy atom. The summed E-state index contributed by atoms with van der Waals surface area (Å²) in [5.74, 6) is 1.35. The minimum Gasteiger partial charge on any atom is -0.481 e. The van der Waals surface area contributed by atoms with Gasteiger partial charge in [0.1, 0.15) is 5.82 Å². The molecule has 110 valence electrons. The SMILES string of the molecule is COc1ccc(C(=O)N2CCCC2c2ncc(C)[nH]2)cn1. The number of hydrogen-bond donors (Lipinski definition) is 1. The standard InChI is InChI=1S/C15H18N4O2/c1-10-8-17-14(18-10)12-4-3-7-19(12)15(20)11-5-6-13(21-2)16-9-11/h5-6,8-9,12H,3-4,7H2,1-2H3,(H,17,18). The number of carbonyl (C=O) groups is 1. The van der Waals surface area contributed by atoms with Crippen LogP contribution in [-0.2, 0) is 0 Å². The van der Waals surface area contributed by atoms with Crippen molar-refractivity contribution in [2.45, 2.75) is 25.8 Å². The van der Waals surface area contributed by atoms with Gasteiger partial charge in [0.05, 0.1) is 18.7 Å². The van der Waals surface area contributed by atoms with Crippen LogP contribution in [0.5, 0.6) is 5.88 Å². The second kappa shape index (κ2) is 5.55. The number of ether oxygens (including phenoxy) is 1. The number of nitrogens with one attached hydrogen (secondary N) is 1. The third-order valence-corrected chi connectivity index (χ3v) is 3.74. The van der Waals surface area contributed by atoms with Crippen LogP contribution in [-0.4, -0.2) is 39.4 Å². The molecule has 6 nitrogen and oxygen atoms in total. The van der Waals surface area contributed by atoms with Gasteiger partial charge in [0.15, 0.2) is 0 Å². The number of aromatic amines is 1. The van der Waals surface area contributed by atoms with Gasteiger partial charge in [-0.05, 0) is 25.8 Å². The predicted octanol–water partition coefficient (Wildman–Crippen LogP) is 2.10. The lowest BCUT2D eigenvalue weighted by atomic mass is 10.2. The van der Waals surface area contributed by atoms with Gasteiger partial charge >= 0.3 is 0 Å². The molecule has 3 rings (SSSR count). The summed E-state index contributed by atoms with van der Waals surface area (Å²) in [6, 6.07) is 3.47. The molecule has 0 bridgehead atoms. The van der Waals surface area contributed by atoms with Gasteiger partial charge in [-0.2, -0.15) is 0 Å². The maximum atomic E-state index is 12.6. The van der Waals surface area contributed by atoms with E-state index in [9.17, 15) is 4.79 Å². The highest BCUT2D eigenvalue weighted by Crippen LogP contribution is 2.31. The Balaban J connectivity index is 1.82. The Kier molecular flexibility index (Phi) is 3.60. The van der Waals surface area contributed by atoms with Gasteiger partial charge in [-0.1, -0.05) is 0 Å². The van der Waals surface area contributed by atoms with Crippen molar-refractivity contribution >= 4 is 5.91 Å². The Hall–Kier alpha value is -2.37. The number of amides is 1.